The van der Waals surface area contributed by atoms with Crippen LogP contribution in [0.5, 0.6) is 0 Å². The SMILES string of the molecule is Cc1nn(C)cc1NC(=O)C12CC3CC(C1)CC(n1cnc(Br)n1)(C3)C2. The van der Waals surface area contributed by atoms with Crippen molar-refractivity contribution >= 4 is 27.5 Å². The van der Waals surface area contributed by atoms with Crippen LogP contribution in [0.25, 0.3) is 0 Å². The number of rotatable bonds is 3. The highest BCUT2D eigenvalue weighted by Crippen LogP contribution is 2.64. The van der Waals surface area contributed by atoms with E-state index in [-0.39, 0.29) is 16.9 Å². The number of nitrogens with one attached hydrogen (secondary N) is 1. The third-order valence-corrected chi connectivity index (χ3v) is 7.09. The lowest BCUT2D eigenvalue weighted by atomic mass is 9.46. The molecule has 2 unspecified atom stereocenters. The fourth-order valence-electron chi connectivity index (χ4n) is 6.20. The number of aromatic nitrogens is 5. The molecule has 2 aromatic rings. The molecule has 7 nitrogen and oxygen atoms in total. The van der Waals surface area contributed by atoms with Crippen LogP contribution in [0.2, 0.25) is 0 Å². The summed E-state index contributed by atoms with van der Waals surface area (Å²) in [6, 6.07) is 0. The Hall–Kier alpha value is -1.70. The molecule has 2 heterocycles. The molecule has 1 amide bonds. The molecule has 2 atom stereocenters. The summed E-state index contributed by atoms with van der Waals surface area (Å²) in [6.45, 7) is 1.93. The summed E-state index contributed by atoms with van der Waals surface area (Å²) in [4.78, 5) is 17.7. The summed E-state index contributed by atoms with van der Waals surface area (Å²) in [5, 5.41) is 12.1. The largest absolute Gasteiger partial charge is 0.323 e. The van der Waals surface area contributed by atoms with Crippen molar-refractivity contribution in [2.45, 2.75) is 51.0 Å². The number of hydrogen-bond donors (Lipinski definition) is 1. The van der Waals surface area contributed by atoms with Crippen LogP contribution in [-0.4, -0.2) is 30.5 Å². The molecule has 4 bridgehead atoms. The first-order valence-electron chi connectivity index (χ1n) is 9.27. The second-order valence-corrected chi connectivity index (χ2v) is 9.39. The van der Waals surface area contributed by atoms with Crippen LogP contribution in [0.1, 0.15) is 44.2 Å². The van der Waals surface area contributed by atoms with Gasteiger partial charge in [0.05, 0.1) is 22.3 Å². The van der Waals surface area contributed by atoms with Gasteiger partial charge in [0.15, 0.2) is 0 Å². The maximum absolute atomic E-state index is 13.4. The van der Waals surface area contributed by atoms with Gasteiger partial charge in [0, 0.05) is 13.2 Å². The predicted molar refractivity (Wildman–Crippen MR) is 99.4 cm³/mol. The quantitative estimate of drug-likeness (QED) is 0.830. The van der Waals surface area contributed by atoms with Gasteiger partial charge in [0.1, 0.15) is 6.33 Å². The molecule has 4 saturated carbocycles. The Kier molecular flexibility index (Phi) is 3.42. The fourth-order valence-corrected chi connectivity index (χ4v) is 6.46. The number of hydrogen-bond acceptors (Lipinski definition) is 4. The molecular formula is C18H23BrN6O. The molecule has 26 heavy (non-hydrogen) atoms. The number of anilines is 1. The zero-order valence-corrected chi connectivity index (χ0v) is 16.7. The summed E-state index contributed by atoms with van der Waals surface area (Å²) in [6.07, 6.45) is 10.0. The van der Waals surface area contributed by atoms with Gasteiger partial charge in [-0.1, -0.05) is 0 Å². The average molecular weight is 419 g/mol. The lowest BCUT2D eigenvalue weighted by Gasteiger charge is -2.60. The first kappa shape index (κ1) is 16.5. The molecule has 8 heteroatoms. The van der Waals surface area contributed by atoms with Gasteiger partial charge in [0.2, 0.25) is 10.6 Å². The van der Waals surface area contributed by atoms with E-state index in [0.29, 0.717) is 16.6 Å². The third kappa shape index (κ3) is 2.37. The van der Waals surface area contributed by atoms with Gasteiger partial charge in [-0.15, -0.1) is 5.10 Å². The zero-order chi connectivity index (χ0) is 18.1. The Morgan fingerprint density at radius 3 is 2.58 bits per heavy atom. The maximum Gasteiger partial charge on any atom is 0.230 e. The van der Waals surface area contributed by atoms with Crippen molar-refractivity contribution in [3.05, 3.63) is 23.0 Å². The average Bonchev–Trinajstić information content (AvgIpc) is 3.12. The molecule has 0 saturated heterocycles. The van der Waals surface area contributed by atoms with Crippen molar-refractivity contribution in [3.63, 3.8) is 0 Å². The molecule has 0 radical (unpaired) electrons. The van der Waals surface area contributed by atoms with Gasteiger partial charge in [-0.05, 0) is 73.2 Å². The Morgan fingerprint density at radius 1 is 1.27 bits per heavy atom. The molecule has 0 aromatic carbocycles. The molecule has 4 aliphatic carbocycles. The molecule has 0 aliphatic heterocycles. The van der Waals surface area contributed by atoms with E-state index in [0.717, 1.165) is 43.5 Å². The van der Waals surface area contributed by atoms with Gasteiger partial charge >= 0.3 is 0 Å². The molecule has 4 aliphatic rings. The number of carbonyl (C=O) groups is 1. The monoisotopic (exact) mass is 418 g/mol. The molecule has 1 N–H and O–H groups in total. The Bertz CT molecular complexity index is 872. The van der Waals surface area contributed by atoms with Crippen molar-refractivity contribution in [3.8, 4) is 0 Å². The number of aryl methyl sites for hydroxylation is 2. The van der Waals surface area contributed by atoms with Crippen LogP contribution in [0, 0.1) is 24.2 Å². The Morgan fingerprint density at radius 2 is 2.00 bits per heavy atom. The van der Waals surface area contributed by atoms with E-state index in [1.54, 1.807) is 4.68 Å². The topological polar surface area (TPSA) is 77.6 Å². The molecule has 2 aromatic heterocycles. The fraction of sp³-hybridized carbons (Fsp3) is 0.667. The normalized spacial score (nSPS) is 35.0. The van der Waals surface area contributed by atoms with Crippen LogP contribution >= 0.6 is 15.9 Å². The van der Waals surface area contributed by atoms with E-state index in [1.165, 1.54) is 6.42 Å². The highest BCUT2D eigenvalue weighted by atomic mass is 79.9. The minimum absolute atomic E-state index is 0.0651. The summed E-state index contributed by atoms with van der Waals surface area (Å²) < 4.78 is 4.41. The van der Waals surface area contributed by atoms with Crippen molar-refractivity contribution in [2.24, 2.45) is 24.3 Å². The van der Waals surface area contributed by atoms with Crippen LogP contribution in [0.4, 0.5) is 5.69 Å². The molecule has 6 rings (SSSR count). The molecule has 0 spiro atoms. The molecule has 4 fully saturated rings. The highest BCUT2D eigenvalue weighted by Gasteiger charge is 2.61. The first-order chi connectivity index (χ1) is 12.4. The second-order valence-electron chi connectivity index (χ2n) is 8.68. The van der Waals surface area contributed by atoms with Crippen LogP contribution < -0.4 is 5.32 Å². The predicted octanol–water partition coefficient (Wildman–Crippen LogP) is 3.02. The maximum atomic E-state index is 13.4. The smallest absolute Gasteiger partial charge is 0.230 e. The minimum atomic E-state index is -0.301. The number of amides is 1. The van der Waals surface area contributed by atoms with Crippen molar-refractivity contribution in [1.82, 2.24) is 24.5 Å². The van der Waals surface area contributed by atoms with Gasteiger partial charge < -0.3 is 5.32 Å². The number of halogens is 1. The van der Waals surface area contributed by atoms with Crippen LogP contribution in [0.3, 0.4) is 0 Å². The Balaban J connectivity index is 1.48. The van der Waals surface area contributed by atoms with Gasteiger partial charge in [-0.25, -0.2) is 9.67 Å². The second kappa shape index (κ2) is 5.41. The van der Waals surface area contributed by atoms with E-state index >= 15 is 0 Å². The van der Waals surface area contributed by atoms with E-state index in [9.17, 15) is 4.79 Å². The number of carbonyl (C=O) groups excluding carboxylic acids is 1. The van der Waals surface area contributed by atoms with Gasteiger partial charge in [-0.3, -0.25) is 9.48 Å². The standard InChI is InChI=1S/C18H23BrN6O/c1-11-14(8-24(2)22-11)21-15(26)17-4-12-3-13(5-17)7-18(6-12,9-17)25-10-20-16(19)23-25/h8,10,12-13H,3-7,9H2,1-2H3,(H,21,26). The first-order valence-corrected chi connectivity index (χ1v) is 10.1. The van der Waals surface area contributed by atoms with E-state index < -0.39 is 0 Å². The minimum Gasteiger partial charge on any atom is -0.323 e. The number of nitrogens with zero attached hydrogens (tertiary/aromatic N) is 5. The lowest BCUT2D eigenvalue weighted by molar-refractivity contribution is -0.150. The van der Waals surface area contributed by atoms with E-state index in [2.05, 4.69) is 36.4 Å². The third-order valence-electron chi connectivity index (χ3n) is 6.72. The molecule has 138 valence electrons. The summed E-state index contributed by atoms with van der Waals surface area (Å²) in [5.74, 6) is 1.35. The highest BCUT2D eigenvalue weighted by molar-refractivity contribution is 9.10. The Labute approximate surface area is 160 Å². The zero-order valence-electron chi connectivity index (χ0n) is 15.1. The van der Waals surface area contributed by atoms with Gasteiger partial charge in [0.25, 0.3) is 0 Å². The van der Waals surface area contributed by atoms with Crippen molar-refractivity contribution in [2.75, 3.05) is 5.32 Å². The summed E-state index contributed by atoms with van der Waals surface area (Å²) >= 11 is 3.38. The summed E-state index contributed by atoms with van der Waals surface area (Å²) in [7, 11) is 1.88. The van der Waals surface area contributed by atoms with Crippen molar-refractivity contribution in [1.29, 1.82) is 0 Å². The van der Waals surface area contributed by atoms with E-state index in [1.807, 2.05) is 31.2 Å². The van der Waals surface area contributed by atoms with E-state index in [4.69, 9.17) is 0 Å². The molecular weight excluding hydrogens is 396 g/mol. The van der Waals surface area contributed by atoms with Gasteiger partial charge in [-0.2, -0.15) is 5.10 Å². The van der Waals surface area contributed by atoms with Crippen molar-refractivity contribution < 1.29 is 4.79 Å². The summed E-state index contributed by atoms with van der Waals surface area (Å²) in [5.41, 5.74) is 1.32. The van der Waals surface area contributed by atoms with Crippen LogP contribution in [-0.2, 0) is 17.4 Å². The lowest BCUT2D eigenvalue weighted by Crippen LogP contribution is -2.60. The van der Waals surface area contributed by atoms with Crippen LogP contribution in [0.15, 0.2) is 17.3 Å².